The Morgan fingerprint density at radius 3 is 2.41 bits per heavy atom. The third-order valence-electron chi connectivity index (χ3n) is 2.85. The summed E-state index contributed by atoms with van der Waals surface area (Å²) < 4.78 is 0. The molecular formula is C13H21ClN2O. The molecule has 0 aliphatic heterocycles. The third kappa shape index (κ3) is 4.36. The number of amides is 1. The van der Waals surface area contributed by atoms with Gasteiger partial charge in [-0.15, -0.1) is 12.4 Å². The van der Waals surface area contributed by atoms with Gasteiger partial charge >= 0.3 is 0 Å². The van der Waals surface area contributed by atoms with Crippen LogP contribution in [0.4, 0.5) is 5.69 Å². The summed E-state index contributed by atoms with van der Waals surface area (Å²) in [5, 5.41) is 2.91. The van der Waals surface area contributed by atoms with Gasteiger partial charge in [-0.3, -0.25) is 4.79 Å². The average molecular weight is 257 g/mol. The number of halogens is 1. The number of benzene rings is 1. The van der Waals surface area contributed by atoms with E-state index in [9.17, 15) is 4.79 Å². The van der Waals surface area contributed by atoms with Crippen molar-refractivity contribution in [2.45, 2.75) is 33.7 Å². The largest absolute Gasteiger partial charge is 0.327 e. The van der Waals surface area contributed by atoms with Crippen LogP contribution in [0, 0.1) is 19.8 Å². The van der Waals surface area contributed by atoms with Crippen LogP contribution in [-0.4, -0.2) is 11.9 Å². The SMILES string of the molecule is Cc1ccc(C)c(NC(=O)C(C)C(C)N)c1.Cl. The van der Waals surface area contributed by atoms with Gasteiger partial charge in [-0.25, -0.2) is 0 Å². The highest BCUT2D eigenvalue weighted by molar-refractivity contribution is 5.93. The van der Waals surface area contributed by atoms with Gasteiger partial charge in [-0.1, -0.05) is 19.1 Å². The monoisotopic (exact) mass is 256 g/mol. The van der Waals surface area contributed by atoms with Crippen molar-refractivity contribution >= 4 is 24.0 Å². The highest BCUT2D eigenvalue weighted by Crippen LogP contribution is 2.17. The number of aryl methyl sites for hydroxylation is 2. The van der Waals surface area contributed by atoms with Gasteiger partial charge in [-0.2, -0.15) is 0 Å². The predicted octanol–water partition coefficient (Wildman–Crippen LogP) is 2.65. The Kier molecular flexibility index (Phi) is 6.21. The molecule has 3 N–H and O–H groups in total. The first-order valence-electron chi connectivity index (χ1n) is 5.55. The van der Waals surface area contributed by atoms with E-state index in [1.807, 2.05) is 45.9 Å². The summed E-state index contributed by atoms with van der Waals surface area (Å²) in [5.41, 5.74) is 8.77. The molecule has 3 nitrogen and oxygen atoms in total. The zero-order valence-electron chi connectivity index (χ0n) is 10.8. The first kappa shape index (κ1) is 15.9. The van der Waals surface area contributed by atoms with E-state index in [2.05, 4.69) is 5.32 Å². The number of carbonyl (C=O) groups is 1. The molecule has 0 aliphatic carbocycles. The Morgan fingerprint density at radius 2 is 1.88 bits per heavy atom. The van der Waals surface area contributed by atoms with Crippen LogP contribution >= 0.6 is 12.4 Å². The fourth-order valence-corrected chi connectivity index (χ4v) is 1.36. The number of rotatable bonds is 3. The lowest BCUT2D eigenvalue weighted by Crippen LogP contribution is -2.34. The van der Waals surface area contributed by atoms with Gasteiger partial charge in [0.05, 0.1) is 5.92 Å². The second kappa shape index (κ2) is 6.62. The second-order valence-corrected chi connectivity index (χ2v) is 4.46. The highest BCUT2D eigenvalue weighted by atomic mass is 35.5. The molecule has 0 spiro atoms. The minimum Gasteiger partial charge on any atom is -0.327 e. The minimum absolute atomic E-state index is 0. The van der Waals surface area contributed by atoms with Crippen LogP contribution in [0.1, 0.15) is 25.0 Å². The summed E-state index contributed by atoms with van der Waals surface area (Å²) >= 11 is 0. The number of nitrogens with two attached hydrogens (primary N) is 1. The Bertz CT molecular complexity index is 391. The van der Waals surface area contributed by atoms with E-state index in [1.54, 1.807) is 0 Å². The zero-order valence-corrected chi connectivity index (χ0v) is 11.6. The molecule has 17 heavy (non-hydrogen) atoms. The summed E-state index contributed by atoms with van der Waals surface area (Å²) in [6, 6.07) is 5.87. The second-order valence-electron chi connectivity index (χ2n) is 4.46. The number of nitrogens with one attached hydrogen (secondary N) is 1. The molecule has 1 aromatic rings. The maximum Gasteiger partial charge on any atom is 0.228 e. The van der Waals surface area contributed by atoms with E-state index in [-0.39, 0.29) is 30.3 Å². The number of anilines is 1. The first-order valence-corrected chi connectivity index (χ1v) is 5.55. The molecule has 0 heterocycles. The van der Waals surface area contributed by atoms with Crippen LogP contribution in [0.25, 0.3) is 0 Å². The van der Waals surface area contributed by atoms with Crippen LogP contribution in [-0.2, 0) is 4.79 Å². The van der Waals surface area contributed by atoms with Crippen molar-refractivity contribution in [2.75, 3.05) is 5.32 Å². The van der Waals surface area contributed by atoms with E-state index >= 15 is 0 Å². The zero-order chi connectivity index (χ0) is 12.3. The van der Waals surface area contributed by atoms with Gasteiger partial charge in [-0.05, 0) is 38.0 Å². The van der Waals surface area contributed by atoms with E-state index in [0.29, 0.717) is 0 Å². The van der Waals surface area contributed by atoms with Crippen LogP contribution in [0.3, 0.4) is 0 Å². The molecule has 0 fully saturated rings. The van der Waals surface area contributed by atoms with E-state index < -0.39 is 0 Å². The van der Waals surface area contributed by atoms with Crippen LogP contribution in [0.15, 0.2) is 18.2 Å². The van der Waals surface area contributed by atoms with Crippen molar-refractivity contribution in [3.63, 3.8) is 0 Å². The molecule has 0 aromatic heterocycles. The van der Waals surface area contributed by atoms with Gasteiger partial charge in [0.15, 0.2) is 0 Å². The predicted molar refractivity (Wildman–Crippen MR) is 74.6 cm³/mol. The van der Waals surface area contributed by atoms with Crippen molar-refractivity contribution in [1.82, 2.24) is 0 Å². The lowest BCUT2D eigenvalue weighted by Gasteiger charge is -2.16. The molecule has 96 valence electrons. The number of hydrogen-bond acceptors (Lipinski definition) is 2. The van der Waals surface area contributed by atoms with Crippen LogP contribution < -0.4 is 11.1 Å². The molecule has 2 unspecified atom stereocenters. The van der Waals surface area contributed by atoms with E-state index in [0.717, 1.165) is 16.8 Å². The summed E-state index contributed by atoms with van der Waals surface area (Å²) in [4.78, 5) is 11.8. The molecule has 1 aromatic carbocycles. The van der Waals surface area contributed by atoms with E-state index in [4.69, 9.17) is 5.73 Å². The van der Waals surface area contributed by atoms with Crippen molar-refractivity contribution in [3.05, 3.63) is 29.3 Å². The molecule has 0 bridgehead atoms. The summed E-state index contributed by atoms with van der Waals surface area (Å²) in [5.74, 6) is -0.205. The van der Waals surface area contributed by atoms with Crippen molar-refractivity contribution in [3.8, 4) is 0 Å². The summed E-state index contributed by atoms with van der Waals surface area (Å²) in [6.45, 7) is 7.66. The maximum absolute atomic E-state index is 11.8. The molecule has 0 radical (unpaired) electrons. The normalized spacial score (nSPS) is 13.5. The van der Waals surface area contributed by atoms with E-state index in [1.165, 1.54) is 0 Å². The molecule has 2 atom stereocenters. The standard InChI is InChI=1S/C13H20N2O.ClH/c1-8-5-6-9(2)12(7-8)15-13(16)10(3)11(4)14;/h5-7,10-11H,14H2,1-4H3,(H,15,16);1H. The van der Waals surface area contributed by atoms with Crippen LogP contribution in [0.5, 0.6) is 0 Å². The fraction of sp³-hybridized carbons (Fsp3) is 0.462. The van der Waals surface area contributed by atoms with Gasteiger partial charge in [0.25, 0.3) is 0 Å². The lowest BCUT2D eigenvalue weighted by molar-refractivity contribution is -0.119. The van der Waals surface area contributed by atoms with Crippen molar-refractivity contribution in [2.24, 2.45) is 11.7 Å². The third-order valence-corrected chi connectivity index (χ3v) is 2.85. The molecule has 0 aliphatic rings. The quantitative estimate of drug-likeness (QED) is 0.874. The fourth-order valence-electron chi connectivity index (χ4n) is 1.36. The Balaban J connectivity index is 0.00000256. The summed E-state index contributed by atoms with van der Waals surface area (Å²) in [7, 11) is 0. The molecule has 1 amide bonds. The average Bonchev–Trinajstić information content (AvgIpc) is 2.22. The summed E-state index contributed by atoms with van der Waals surface area (Å²) in [6.07, 6.45) is 0. The topological polar surface area (TPSA) is 55.1 Å². The maximum atomic E-state index is 11.8. The number of carbonyl (C=O) groups excluding carboxylic acids is 1. The lowest BCUT2D eigenvalue weighted by atomic mass is 10.0. The van der Waals surface area contributed by atoms with Gasteiger partial charge in [0, 0.05) is 11.7 Å². The smallest absolute Gasteiger partial charge is 0.228 e. The molecular weight excluding hydrogens is 236 g/mol. The Labute approximate surface area is 109 Å². The number of hydrogen-bond donors (Lipinski definition) is 2. The molecule has 1 rings (SSSR count). The van der Waals surface area contributed by atoms with Gasteiger partial charge in [0.2, 0.25) is 5.91 Å². The molecule has 0 saturated heterocycles. The van der Waals surface area contributed by atoms with Gasteiger partial charge in [0.1, 0.15) is 0 Å². The minimum atomic E-state index is -0.181. The highest BCUT2D eigenvalue weighted by Gasteiger charge is 2.17. The molecule has 0 saturated carbocycles. The molecule has 4 heteroatoms. The van der Waals surface area contributed by atoms with Gasteiger partial charge < -0.3 is 11.1 Å². The first-order chi connectivity index (χ1) is 7.41. The van der Waals surface area contributed by atoms with Crippen molar-refractivity contribution in [1.29, 1.82) is 0 Å². The Morgan fingerprint density at radius 1 is 1.29 bits per heavy atom. The van der Waals surface area contributed by atoms with Crippen LogP contribution in [0.2, 0.25) is 0 Å². The van der Waals surface area contributed by atoms with Crippen molar-refractivity contribution < 1.29 is 4.79 Å². The Hall–Kier alpha value is -1.06.